The molecule has 0 atom stereocenters. The molecule has 0 unspecified atom stereocenters. The molecule has 0 bridgehead atoms. The zero-order valence-electron chi connectivity index (χ0n) is 8.24. The molecule has 0 saturated heterocycles. The van der Waals surface area contributed by atoms with E-state index in [1.165, 1.54) is 0 Å². The van der Waals surface area contributed by atoms with Crippen molar-refractivity contribution < 1.29 is 0 Å². The van der Waals surface area contributed by atoms with E-state index < -0.39 is 0 Å². The molecule has 1 aromatic rings. The summed E-state index contributed by atoms with van der Waals surface area (Å²) in [5, 5.41) is 0. The molecule has 0 aliphatic rings. The SMILES string of the molecule is C=Cc1cc(C(C)(C)SC)ncn1. The Bertz CT molecular complexity index is 308. The van der Waals surface area contributed by atoms with Crippen LogP contribution in [0.1, 0.15) is 25.2 Å². The predicted octanol–water partition coefficient (Wildman–Crippen LogP) is 2.72. The van der Waals surface area contributed by atoms with Gasteiger partial charge in [0.1, 0.15) is 6.33 Å². The second-order valence-electron chi connectivity index (χ2n) is 3.25. The van der Waals surface area contributed by atoms with Crippen LogP contribution in [0.3, 0.4) is 0 Å². The predicted molar refractivity (Wildman–Crippen MR) is 58.7 cm³/mol. The number of rotatable bonds is 3. The standard InChI is InChI=1S/C10H14N2S/c1-5-8-6-9(12-7-11-8)10(2,3)13-4/h5-7H,1H2,2-4H3. The van der Waals surface area contributed by atoms with Crippen molar-refractivity contribution in [3.05, 3.63) is 30.4 Å². The number of hydrogen-bond acceptors (Lipinski definition) is 3. The van der Waals surface area contributed by atoms with Crippen LogP contribution in [0.4, 0.5) is 0 Å². The first-order valence-electron chi connectivity index (χ1n) is 4.10. The molecule has 1 heterocycles. The first-order valence-corrected chi connectivity index (χ1v) is 5.33. The smallest absolute Gasteiger partial charge is 0.116 e. The highest BCUT2D eigenvalue weighted by Crippen LogP contribution is 2.31. The molecule has 0 aromatic carbocycles. The van der Waals surface area contributed by atoms with Gasteiger partial charge >= 0.3 is 0 Å². The lowest BCUT2D eigenvalue weighted by atomic mass is 10.1. The van der Waals surface area contributed by atoms with Gasteiger partial charge in [-0.1, -0.05) is 6.58 Å². The Morgan fingerprint density at radius 1 is 1.46 bits per heavy atom. The number of thioether (sulfide) groups is 1. The van der Waals surface area contributed by atoms with Crippen LogP contribution in [-0.2, 0) is 4.75 Å². The van der Waals surface area contributed by atoms with Gasteiger partial charge < -0.3 is 0 Å². The molecular weight excluding hydrogens is 180 g/mol. The van der Waals surface area contributed by atoms with Crippen LogP contribution in [0.2, 0.25) is 0 Å². The minimum atomic E-state index is 0.0424. The second-order valence-corrected chi connectivity index (χ2v) is 4.68. The topological polar surface area (TPSA) is 25.8 Å². The van der Waals surface area contributed by atoms with Gasteiger partial charge in [0.25, 0.3) is 0 Å². The highest BCUT2D eigenvalue weighted by molar-refractivity contribution is 7.99. The maximum atomic E-state index is 4.25. The summed E-state index contributed by atoms with van der Waals surface area (Å²) in [5.41, 5.74) is 1.93. The van der Waals surface area contributed by atoms with E-state index >= 15 is 0 Å². The number of nitrogens with zero attached hydrogens (tertiary/aromatic N) is 2. The van der Waals surface area contributed by atoms with E-state index in [1.54, 1.807) is 24.2 Å². The molecule has 0 saturated carbocycles. The Hall–Kier alpha value is -0.830. The normalized spacial score (nSPS) is 11.3. The van der Waals surface area contributed by atoms with Crippen molar-refractivity contribution in [2.75, 3.05) is 6.26 Å². The fraction of sp³-hybridized carbons (Fsp3) is 0.400. The van der Waals surface area contributed by atoms with Crippen LogP contribution in [0.25, 0.3) is 6.08 Å². The molecule has 2 nitrogen and oxygen atoms in total. The molecule has 0 aliphatic heterocycles. The fourth-order valence-electron chi connectivity index (χ4n) is 0.918. The van der Waals surface area contributed by atoms with Crippen LogP contribution in [0, 0.1) is 0 Å². The molecule has 0 amide bonds. The molecular formula is C10H14N2S. The third kappa shape index (κ3) is 2.31. The third-order valence-corrected chi connectivity index (χ3v) is 3.25. The molecule has 13 heavy (non-hydrogen) atoms. The van der Waals surface area contributed by atoms with Crippen molar-refractivity contribution in [3.8, 4) is 0 Å². The molecule has 1 aromatic heterocycles. The molecule has 1 rings (SSSR count). The summed E-state index contributed by atoms with van der Waals surface area (Å²) in [7, 11) is 0. The Kier molecular flexibility index (Phi) is 3.09. The molecule has 70 valence electrons. The van der Waals surface area contributed by atoms with E-state index in [1.807, 2.05) is 6.07 Å². The Labute approximate surface area is 83.5 Å². The lowest BCUT2D eigenvalue weighted by molar-refractivity contribution is 0.742. The minimum Gasteiger partial charge on any atom is -0.240 e. The third-order valence-electron chi connectivity index (χ3n) is 2.02. The van der Waals surface area contributed by atoms with E-state index in [0.29, 0.717) is 0 Å². The zero-order chi connectivity index (χ0) is 9.90. The molecule has 0 spiro atoms. The van der Waals surface area contributed by atoms with Crippen molar-refractivity contribution in [1.29, 1.82) is 0 Å². The Morgan fingerprint density at radius 3 is 2.69 bits per heavy atom. The van der Waals surface area contributed by atoms with E-state index in [9.17, 15) is 0 Å². The monoisotopic (exact) mass is 194 g/mol. The lowest BCUT2D eigenvalue weighted by Crippen LogP contribution is -2.13. The number of aromatic nitrogens is 2. The molecule has 0 fully saturated rings. The lowest BCUT2D eigenvalue weighted by Gasteiger charge is -2.20. The van der Waals surface area contributed by atoms with Crippen LogP contribution in [0.15, 0.2) is 19.0 Å². The quantitative estimate of drug-likeness (QED) is 0.740. The van der Waals surface area contributed by atoms with E-state index in [-0.39, 0.29) is 4.75 Å². The van der Waals surface area contributed by atoms with Gasteiger partial charge in [0.15, 0.2) is 0 Å². The van der Waals surface area contributed by atoms with Crippen molar-refractivity contribution in [3.63, 3.8) is 0 Å². The number of hydrogen-bond donors (Lipinski definition) is 0. The summed E-state index contributed by atoms with van der Waals surface area (Å²) in [4.78, 5) is 8.32. The summed E-state index contributed by atoms with van der Waals surface area (Å²) in [6.45, 7) is 7.97. The van der Waals surface area contributed by atoms with E-state index in [0.717, 1.165) is 11.4 Å². The van der Waals surface area contributed by atoms with Crippen molar-refractivity contribution in [2.45, 2.75) is 18.6 Å². The van der Waals surface area contributed by atoms with E-state index in [4.69, 9.17) is 0 Å². The maximum Gasteiger partial charge on any atom is 0.116 e. The summed E-state index contributed by atoms with van der Waals surface area (Å²) >= 11 is 1.77. The van der Waals surface area contributed by atoms with Gasteiger partial charge in [-0.05, 0) is 32.2 Å². The highest BCUT2D eigenvalue weighted by atomic mass is 32.2. The van der Waals surface area contributed by atoms with Gasteiger partial charge in [0, 0.05) is 0 Å². The first-order chi connectivity index (χ1) is 6.10. The van der Waals surface area contributed by atoms with Gasteiger partial charge in [-0.15, -0.1) is 0 Å². The highest BCUT2D eigenvalue weighted by Gasteiger charge is 2.20. The van der Waals surface area contributed by atoms with Crippen LogP contribution < -0.4 is 0 Å². The van der Waals surface area contributed by atoms with Gasteiger partial charge in [0.2, 0.25) is 0 Å². The largest absolute Gasteiger partial charge is 0.240 e. The average molecular weight is 194 g/mol. The summed E-state index contributed by atoms with van der Waals surface area (Å²) in [6.07, 6.45) is 5.40. The molecule has 0 N–H and O–H groups in total. The van der Waals surface area contributed by atoms with Gasteiger partial charge in [-0.2, -0.15) is 11.8 Å². The van der Waals surface area contributed by atoms with Crippen LogP contribution in [0.5, 0.6) is 0 Å². The van der Waals surface area contributed by atoms with Crippen molar-refractivity contribution in [1.82, 2.24) is 9.97 Å². The minimum absolute atomic E-state index is 0.0424. The van der Waals surface area contributed by atoms with E-state index in [2.05, 4.69) is 36.7 Å². The summed E-state index contributed by atoms with van der Waals surface area (Å²) < 4.78 is 0.0424. The first kappa shape index (κ1) is 10.3. The summed E-state index contributed by atoms with van der Waals surface area (Å²) in [6, 6.07) is 1.98. The maximum absolute atomic E-state index is 4.25. The summed E-state index contributed by atoms with van der Waals surface area (Å²) in [5.74, 6) is 0. The van der Waals surface area contributed by atoms with Gasteiger partial charge in [0.05, 0.1) is 16.1 Å². The van der Waals surface area contributed by atoms with Crippen molar-refractivity contribution >= 4 is 17.8 Å². The van der Waals surface area contributed by atoms with Gasteiger partial charge in [-0.3, -0.25) is 0 Å². The molecule has 0 aliphatic carbocycles. The molecule has 3 heteroatoms. The van der Waals surface area contributed by atoms with Crippen molar-refractivity contribution in [2.24, 2.45) is 0 Å². The van der Waals surface area contributed by atoms with Crippen LogP contribution in [-0.4, -0.2) is 16.2 Å². The molecule has 0 radical (unpaired) electrons. The Balaban J connectivity index is 3.08. The zero-order valence-corrected chi connectivity index (χ0v) is 9.06. The van der Waals surface area contributed by atoms with Crippen LogP contribution >= 0.6 is 11.8 Å². The Morgan fingerprint density at radius 2 is 2.15 bits per heavy atom. The average Bonchev–Trinajstić information content (AvgIpc) is 2.18. The fourth-order valence-corrected chi connectivity index (χ4v) is 1.24. The van der Waals surface area contributed by atoms with Gasteiger partial charge in [-0.25, -0.2) is 9.97 Å². The second kappa shape index (κ2) is 3.92.